The molecule has 4 nitrogen and oxygen atoms in total. The minimum Gasteiger partial charge on any atom is -0.491 e. The highest BCUT2D eigenvalue weighted by Gasteiger charge is 2.07. The third-order valence-electron chi connectivity index (χ3n) is 2.55. The van der Waals surface area contributed by atoms with Crippen LogP contribution in [0.5, 0.6) is 5.75 Å². The molecule has 0 aliphatic rings. The zero-order chi connectivity index (χ0) is 14.1. The summed E-state index contributed by atoms with van der Waals surface area (Å²) >= 11 is 0. The van der Waals surface area contributed by atoms with E-state index < -0.39 is 0 Å². The van der Waals surface area contributed by atoms with E-state index in [9.17, 15) is 4.79 Å². The van der Waals surface area contributed by atoms with E-state index in [2.05, 4.69) is 19.2 Å². The number of carbonyl (C=O) groups excluding carboxylic acids is 1. The van der Waals surface area contributed by atoms with Crippen LogP contribution >= 0.6 is 0 Å². The Labute approximate surface area is 114 Å². The molecule has 0 spiro atoms. The van der Waals surface area contributed by atoms with Crippen molar-refractivity contribution in [1.29, 1.82) is 0 Å². The smallest absolute Gasteiger partial charge is 0.224 e. The second-order valence-corrected chi connectivity index (χ2v) is 4.93. The lowest BCUT2D eigenvalue weighted by Crippen LogP contribution is -2.13. The first kappa shape index (κ1) is 15.5. The predicted molar refractivity (Wildman–Crippen MR) is 76.3 cm³/mol. The van der Waals surface area contributed by atoms with Crippen LogP contribution in [0.1, 0.15) is 33.1 Å². The van der Waals surface area contributed by atoms with Gasteiger partial charge in [0.1, 0.15) is 5.75 Å². The molecule has 106 valence electrons. The molecule has 0 fully saturated rings. The number of benzene rings is 1. The number of anilines is 1. The van der Waals surface area contributed by atoms with E-state index in [1.165, 1.54) is 0 Å². The number of carbonyl (C=O) groups is 1. The van der Waals surface area contributed by atoms with Crippen LogP contribution in [0, 0.1) is 5.92 Å². The van der Waals surface area contributed by atoms with Crippen LogP contribution in [0.4, 0.5) is 5.69 Å². The molecule has 0 atom stereocenters. The van der Waals surface area contributed by atoms with E-state index in [0.29, 0.717) is 43.2 Å². The van der Waals surface area contributed by atoms with E-state index in [0.717, 1.165) is 0 Å². The third kappa shape index (κ3) is 6.25. The highest BCUT2D eigenvalue weighted by molar-refractivity contribution is 5.92. The first-order valence-electron chi connectivity index (χ1n) is 6.76. The van der Waals surface area contributed by atoms with Crippen molar-refractivity contribution in [2.24, 2.45) is 5.92 Å². The van der Waals surface area contributed by atoms with Crippen LogP contribution in [-0.4, -0.2) is 24.2 Å². The lowest BCUT2D eigenvalue weighted by atomic mass is 10.2. The molecule has 0 aliphatic heterocycles. The molecule has 1 aromatic rings. The van der Waals surface area contributed by atoms with Gasteiger partial charge in [0.2, 0.25) is 5.91 Å². The number of nitrogens with one attached hydrogen (secondary N) is 1. The van der Waals surface area contributed by atoms with Gasteiger partial charge in [-0.15, -0.1) is 0 Å². The maximum Gasteiger partial charge on any atom is 0.224 e. The van der Waals surface area contributed by atoms with Gasteiger partial charge < -0.3 is 15.2 Å². The van der Waals surface area contributed by atoms with E-state index >= 15 is 0 Å². The Morgan fingerprint density at radius 3 is 2.74 bits per heavy atom. The van der Waals surface area contributed by atoms with Crippen molar-refractivity contribution in [3.8, 4) is 5.75 Å². The summed E-state index contributed by atoms with van der Waals surface area (Å²) in [6.07, 6.45) is 1.76. The molecule has 0 radical (unpaired) electrons. The van der Waals surface area contributed by atoms with Gasteiger partial charge in [-0.25, -0.2) is 0 Å². The van der Waals surface area contributed by atoms with Gasteiger partial charge in [-0.1, -0.05) is 26.0 Å². The Kier molecular flexibility index (Phi) is 6.97. The fraction of sp³-hybridized carbons (Fsp3) is 0.533. The molecule has 1 amide bonds. The van der Waals surface area contributed by atoms with Gasteiger partial charge >= 0.3 is 0 Å². The first-order chi connectivity index (χ1) is 9.13. The maximum absolute atomic E-state index is 11.7. The van der Waals surface area contributed by atoms with Gasteiger partial charge in [0, 0.05) is 13.0 Å². The van der Waals surface area contributed by atoms with Crippen LogP contribution < -0.4 is 10.1 Å². The zero-order valence-corrected chi connectivity index (χ0v) is 11.7. The summed E-state index contributed by atoms with van der Waals surface area (Å²) < 4.78 is 5.67. The lowest BCUT2D eigenvalue weighted by Gasteiger charge is -2.13. The Hall–Kier alpha value is -1.55. The number of para-hydroxylation sites is 2. The van der Waals surface area contributed by atoms with Crippen molar-refractivity contribution in [1.82, 2.24) is 0 Å². The number of ether oxygens (including phenoxy) is 1. The normalized spacial score (nSPS) is 10.5. The molecular formula is C15H23NO3. The number of hydrogen-bond acceptors (Lipinski definition) is 3. The number of aliphatic hydroxyl groups excluding tert-OH is 1. The number of amides is 1. The maximum atomic E-state index is 11.7. The second kappa shape index (κ2) is 8.53. The Bertz CT molecular complexity index is 391. The quantitative estimate of drug-likeness (QED) is 0.711. The summed E-state index contributed by atoms with van der Waals surface area (Å²) in [6, 6.07) is 7.44. The summed E-state index contributed by atoms with van der Waals surface area (Å²) in [5.41, 5.74) is 0.706. The van der Waals surface area contributed by atoms with Crippen molar-refractivity contribution in [2.45, 2.75) is 33.1 Å². The predicted octanol–water partition coefficient (Wildman–Crippen LogP) is 2.82. The van der Waals surface area contributed by atoms with E-state index in [-0.39, 0.29) is 12.5 Å². The lowest BCUT2D eigenvalue weighted by molar-refractivity contribution is -0.116. The molecule has 0 bridgehead atoms. The summed E-state index contributed by atoms with van der Waals surface area (Å²) in [5, 5.41) is 11.5. The summed E-state index contributed by atoms with van der Waals surface area (Å²) in [7, 11) is 0. The second-order valence-electron chi connectivity index (χ2n) is 4.93. The summed E-state index contributed by atoms with van der Waals surface area (Å²) in [6.45, 7) is 4.91. The molecule has 4 heteroatoms. The molecule has 0 saturated carbocycles. The van der Waals surface area contributed by atoms with Gasteiger partial charge in [0.15, 0.2) is 0 Å². The van der Waals surface area contributed by atoms with Gasteiger partial charge in [0.05, 0.1) is 12.3 Å². The van der Waals surface area contributed by atoms with E-state index in [1.54, 1.807) is 0 Å². The van der Waals surface area contributed by atoms with Gasteiger partial charge in [-0.2, -0.15) is 0 Å². The molecule has 0 saturated heterocycles. The van der Waals surface area contributed by atoms with Gasteiger partial charge in [-0.3, -0.25) is 4.79 Å². The SMILES string of the molecule is CC(C)COc1ccccc1NC(=O)CCCCO. The largest absolute Gasteiger partial charge is 0.491 e. The molecule has 2 N–H and O–H groups in total. The standard InChI is InChI=1S/C15H23NO3/c1-12(2)11-19-14-8-4-3-7-13(14)16-15(18)9-5-6-10-17/h3-4,7-8,12,17H,5-6,9-11H2,1-2H3,(H,16,18). The molecule has 0 aliphatic carbocycles. The Balaban J connectivity index is 2.54. The van der Waals surface area contributed by atoms with E-state index in [4.69, 9.17) is 9.84 Å². The van der Waals surface area contributed by atoms with Crippen molar-refractivity contribution in [3.63, 3.8) is 0 Å². The summed E-state index contributed by atoms with van der Waals surface area (Å²) in [4.78, 5) is 11.7. The molecule has 1 aromatic carbocycles. The fourth-order valence-electron chi connectivity index (χ4n) is 1.56. The van der Waals surface area contributed by atoms with Crippen molar-refractivity contribution in [2.75, 3.05) is 18.5 Å². The Morgan fingerprint density at radius 2 is 2.05 bits per heavy atom. The minimum absolute atomic E-state index is 0.0472. The summed E-state index contributed by atoms with van der Waals surface area (Å²) in [5.74, 6) is 1.09. The Morgan fingerprint density at radius 1 is 1.32 bits per heavy atom. The highest BCUT2D eigenvalue weighted by atomic mass is 16.5. The average molecular weight is 265 g/mol. The molecule has 19 heavy (non-hydrogen) atoms. The van der Waals surface area contributed by atoms with Crippen LogP contribution in [0.2, 0.25) is 0 Å². The average Bonchev–Trinajstić information content (AvgIpc) is 2.38. The van der Waals surface area contributed by atoms with Crippen LogP contribution in [0.15, 0.2) is 24.3 Å². The molecule has 0 unspecified atom stereocenters. The van der Waals surface area contributed by atoms with Gasteiger partial charge in [-0.05, 0) is 30.9 Å². The minimum atomic E-state index is -0.0472. The molecular weight excluding hydrogens is 242 g/mol. The number of rotatable bonds is 8. The molecule has 1 rings (SSSR count). The van der Waals surface area contributed by atoms with Crippen molar-refractivity contribution >= 4 is 11.6 Å². The monoisotopic (exact) mass is 265 g/mol. The topological polar surface area (TPSA) is 58.6 Å². The van der Waals surface area contributed by atoms with Crippen molar-refractivity contribution < 1.29 is 14.6 Å². The number of unbranched alkanes of at least 4 members (excludes halogenated alkanes) is 1. The molecule has 0 aromatic heterocycles. The molecule has 0 heterocycles. The van der Waals surface area contributed by atoms with Crippen LogP contribution in [-0.2, 0) is 4.79 Å². The third-order valence-corrected chi connectivity index (χ3v) is 2.55. The number of hydrogen-bond donors (Lipinski definition) is 2. The van der Waals surface area contributed by atoms with Crippen LogP contribution in [0.25, 0.3) is 0 Å². The van der Waals surface area contributed by atoms with Crippen LogP contribution in [0.3, 0.4) is 0 Å². The number of aliphatic hydroxyl groups is 1. The van der Waals surface area contributed by atoms with E-state index in [1.807, 2.05) is 24.3 Å². The first-order valence-corrected chi connectivity index (χ1v) is 6.76. The zero-order valence-electron chi connectivity index (χ0n) is 11.7. The fourth-order valence-corrected chi connectivity index (χ4v) is 1.56. The highest BCUT2D eigenvalue weighted by Crippen LogP contribution is 2.24. The van der Waals surface area contributed by atoms with Crippen molar-refractivity contribution in [3.05, 3.63) is 24.3 Å². The van der Waals surface area contributed by atoms with Gasteiger partial charge in [0.25, 0.3) is 0 Å².